The number of hydrogen-bond donors (Lipinski definition) is 4. The third-order valence-corrected chi connectivity index (χ3v) is 6.95. The molecular weight excluding hydrogens is 545 g/mol. The van der Waals surface area contributed by atoms with Crippen molar-refractivity contribution in [2.45, 2.75) is 74.2 Å². The number of aromatic nitrogens is 4. The van der Waals surface area contributed by atoms with Gasteiger partial charge in [-0.05, 0) is 24.7 Å². The molecule has 0 aliphatic heterocycles. The average Bonchev–Trinajstić information content (AvgIpc) is 3.22. The summed E-state index contributed by atoms with van der Waals surface area (Å²) in [6.45, 7) is 14.5. The van der Waals surface area contributed by atoms with Crippen LogP contribution in [-0.4, -0.2) is 70.0 Å². The third-order valence-electron chi connectivity index (χ3n) is 4.95. The second kappa shape index (κ2) is 13.7. The Morgan fingerprint density at radius 1 is 1.02 bits per heavy atom. The molecule has 2 atom stereocenters. The Labute approximate surface area is 233 Å². The Bertz CT molecular complexity index is 1220. The van der Waals surface area contributed by atoms with Crippen molar-refractivity contribution in [1.82, 2.24) is 29.7 Å². The molecule has 0 bridgehead atoms. The van der Waals surface area contributed by atoms with Gasteiger partial charge in [-0.15, -0.1) is 0 Å². The Hall–Kier alpha value is -2.84. The van der Waals surface area contributed by atoms with E-state index < -0.39 is 37.3 Å². The lowest BCUT2D eigenvalue weighted by Gasteiger charge is -2.27. The van der Waals surface area contributed by atoms with Crippen LogP contribution in [0.5, 0.6) is 0 Å². The number of H-pyrrole nitrogens is 1. The summed E-state index contributed by atoms with van der Waals surface area (Å²) < 4.78 is 36.9. The van der Waals surface area contributed by atoms with E-state index in [0.717, 1.165) is 0 Å². The lowest BCUT2D eigenvalue weighted by Crippen LogP contribution is -2.43. The first-order valence-corrected chi connectivity index (χ1v) is 14.4. The molecule has 0 saturated heterocycles. The molecule has 0 saturated carbocycles. The largest absolute Gasteiger partial charge is 0.464 e. The van der Waals surface area contributed by atoms with Crippen LogP contribution in [0.3, 0.4) is 0 Å². The molecule has 0 aliphatic carbocycles. The normalized spacial score (nSPS) is 14.2. The van der Waals surface area contributed by atoms with Crippen LogP contribution >= 0.6 is 7.67 Å². The topological polar surface area (TPSA) is 202 Å². The number of esters is 2. The molecule has 2 rings (SSSR count). The molecule has 0 fully saturated rings. The minimum absolute atomic E-state index is 0.0442. The van der Waals surface area contributed by atoms with Crippen molar-refractivity contribution in [2.75, 3.05) is 32.2 Å². The minimum atomic E-state index is -4.00. The molecule has 0 spiro atoms. The van der Waals surface area contributed by atoms with E-state index >= 15 is 0 Å². The highest BCUT2D eigenvalue weighted by Gasteiger charge is 2.33. The summed E-state index contributed by atoms with van der Waals surface area (Å²) in [6, 6.07) is -2.04. The highest BCUT2D eigenvalue weighted by atomic mass is 31.2. The number of nitrogens with two attached hydrogens (primary N) is 1. The fourth-order valence-corrected chi connectivity index (χ4v) is 4.79. The predicted molar refractivity (Wildman–Crippen MR) is 148 cm³/mol. The molecule has 2 aromatic rings. The number of nitrogens with one attached hydrogen (secondary N) is 3. The van der Waals surface area contributed by atoms with Gasteiger partial charge in [-0.2, -0.15) is 4.98 Å². The van der Waals surface area contributed by atoms with Crippen molar-refractivity contribution < 1.29 is 32.9 Å². The van der Waals surface area contributed by atoms with E-state index in [1.54, 1.807) is 0 Å². The first-order valence-electron chi connectivity index (χ1n) is 12.8. The second-order valence-electron chi connectivity index (χ2n) is 11.8. The van der Waals surface area contributed by atoms with Crippen LogP contribution in [0.2, 0.25) is 0 Å². The summed E-state index contributed by atoms with van der Waals surface area (Å²) in [6.07, 6.45) is 1.37. The summed E-state index contributed by atoms with van der Waals surface area (Å²) in [5.74, 6) is -1.33. The molecule has 40 heavy (non-hydrogen) atoms. The van der Waals surface area contributed by atoms with Crippen molar-refractivity contribution in [3.63, 3.8) is 0 Å². The van der Waals surface area contributed by atoms with E-state index in [-0.39, 0.29) is 61.1 Å². The van der Waals surface area contributed by atoms with E-state index in [1.807, 2.05) is 41.5 Å². The van der Waals surface area contributed by atoms with E-state index in [4.69, 9.17) is 24.5 Å². The molecule has 15 nitrogen and oxygen atoms in total. The number of hydrogen-bond acceptors (Lipinski definition) is 11. The van der Waals surface area contributed by atoms with Gasteiger partial charge in [0.25, 0.3) is 5.56 Å². The summed E-state index contributed by atoms with van der Waals surface area (Å²) in [5, 5.41) is 5.27. The van der Waals surface area contributed by atoms with Crippen molar-refractivity contribution in [1.29, 1.82) is 0 Å². The summed E-state index contributed by atoms with van der Waals surface area (Å²) >= 11 is 0. The third kappa shape index (κ3) is 11.0. The maximum Gasteiger partial charge on any atom is 0.342 e. The molecule has 0 amide bonds. The highest BCUT2D eigenvalue weighted by molar-refractivity contribution is 7.54. The van der Waals surface area contributed by atoms with Gasteiger partial charge < -0.3 is 24.5 Å². The van der Waals surface area contributed by atoms with Crippen molar-refractivity contribution >= 4 is 36.7 Å². The molecule has 0 aliphatic rings. The van der Waals surface area contributed by atoms with E-state index in [1.165, 1.54) is 24.7 Å². The Morgan fingerprint density at radius 3 is 2.05 bits per heavy atom. The van der Waals surface area contributed by atoms with Gasteiger partial charge >= 0.3 is 19.6 Å². The van der Waals surface area contributed by atoms with Crippen LogP contribution < -0.4 is 21.5 Å². The molecule has 0 aromatic carbocycles. The van der Waals surface area contributed by atoms with Gasteiger partial charge in [0.2, 0.25) is 5.95 Å². The van der Waals surface area contributed by atoms with Gasteiger partial charge in [0.1, 0.15) is 18.8 Å². The fourth-order valence-electron chi connectivity index (χ4n) is 3.01. The van der Waals surface area contributed by atoms with E-state index in [0.29, 0.717) is 0 Å². The van der Waals surface area contributed by atoms with Crippen LogP contribution in [0.4, 0.5) is 5.95 Å². The Balaban J connectivity index is 2.03. The molecule has 2 heterocycles. The van der Waals surface area contributed by atoms with Crippen LogP contribution in [0.1, 0.15) is 55.4 Å². The number of anilines is 1. The van der Waals surface area contributed by atoms with Crippen LogP contribution in [0.25, 0.3) is 11.2 Å². The summed E-state index contributed by atoms with van der Waals surface area (Å²) in [7, 11) is -4.00. The predicted octanol–water partition coefficient (Wildman–Crippen LogP) is 1.94. The van der Waals surface area contributed by atoms with Gasteiger partial charge in [-0.25, -0.2) is 15.2 Å². The molecule has 0 radical (unpaired) electrons. The molecule has 2 aromatic heterocycles. The molecular formula is C24H42N7O8P. The fraction of sp³-hybridized carbons (Fsp3) is 0.708. The van der Waals surface area contributed by atoms with Crippen LogP contribution in [-0.2, 0) is 39.6 Å². The minimum Gasteiger partial charge on any atom is -0.464 e. The van der Waals surface area contributed by atoms with Gasteiger partial charge in [-0.3, -0.25) is 28.5 Å². The van der Waals surface area contributed by atoms with Crippen LogP contribution in [0, 0.1) is 10.8 Å². The van der Waals surface area contributed by atoms with Gasteiger partial charge in [0.05, 0.1) is 32.8 Å². The lowest BCUT2D eigenvalue weighted by atomic mass is 9.99. The first-order chi connectivity index (χ1) is 18.4. The van der Waals surface area contributed by atoms with E-state index in [9.17, 15) is 18.9 Å². The number of ether oxygens (including phenoxy) is 3. The van der Waals surface area contributed by atoms with Gasteiger partial charge in [0, 0.05) is 0 Å². The highest BCUT2D eigenvalue weighted by Crippen LogP contribution is 2.39. The van der Waals surface area contributed by atoms with Crippen molar-refractivity contribution in [3.8, 4) is 0 Å². The van der Waals surface area contributed by atoms with E-state index in [2.05, 4.69) is 25.1 Å². The van der Waals surface area contributed by atoms with Gasteiger partial charge in [0.15, 0.2) is 11.2 Å². The lowest BCUT2D eigenvalue weighted by molar-refractivity contribution is -0.148. The summed E-state index contributed by atoms with van der Waals surface area (Å²) in [4.78, 5) is 47.4. The number of nitrogen functional groups attached to an aromatic ring is 1. The number of rotatable bonds is 14. The Kier molecular flexibility index (Phi) is 11.4. The maximum atomic E-state index is 13.7. The number of nitrogens with zero attached hydrogens (tertiary/aromatic N) is 3. The van der Waals surface area contributed by atoms with Gasteiger partial charge in [-0.1, -0.05) is 41.5 Å². The average molecular weight is 588 g/mol. The number of carbonyl (C=O) groups is 2. The zero-order chi connectivity index (χ0) is 30.3. The first kappa shape index (κ1) is 33.4. The SMILES string of the molecule is C[C@@H](NP(=O)(N[C@H](C)C(=O)OCC(C)(C)C)OCCOCn1cnc2c(=O)[nH]c(N)nc21)C(=O)OCC(C)(C)C. The number of aromatic amines is 1. The number of carbonyl (C=O) groups excluding carboxylic acids is 2. The monoisotopic (exact) mass is 587 g/mol. The molecule has 226 valence electrons. The molecule has 5 N–H and O–H groups in total. The smallest absolute Gasteiger partial charge is 0.342 e. The van der Waals surface area contributed by atoms with Crippen molar-refractivity contribution in [2.24, 2.45) is 10.8 Å². The molecule has 16 heteroatoms. The second-order valence-corrected chi connectivity index (χ2v) is 13.7. The standard InChI is InChI=1S/C24H42N7O8P/c1-15(20(33)37-11-23(3,4)5)29-40(35,30-16(2)21(34)38-12-24(6,7)8)39-10-9-36-14-31-13-26-17-18(31)27-22(25)28-19(17)32/h13,15-16H,9-12,14H2,1-8H3,(H2,29,30,35)(H3,25,27,28,32)/t15-,16-/m1/s1. The zero-order valence-corrected chi connectivity index (χ0v) is 25.3. The van der Waals surface area contributed by atoms with Crippen molar-refractivity contribution in [3.05, 3.63) is 16.7 Å². The number of fused-ring (bicyclic) bond motifs is 1. The Morgan fingerprint density at radius 2 is 1.55 bits per heavy atom. The van der Waals surface area contributed by atoms with Crippen LogP contribution in [0.15, 0.2) is 11.1 Å². The zero-order valence-electron chi connectivity index (χ0n) is 24.4. The quantitative estimate of drug-likeness (QED) is 0.142. The number of imidazole rings is 1. The molecule has 0 unspecified atom stereocenters. The summed E-state index contributed by atoms with van der Waals surface area (Å²) in [5.41, 5.74) is 4.95. The maximum absolute atomic E-state index is 13.7.